The van der Waals surface area contributed by atoms with Crippen LogP contribution in [-0.4, -0.2) is 10.2 Å². The Hall–Kier alpha value is -1.28. The van der Waals surface area contributed by atoms with Gasteiger partial charge in [-0.15, -0.1) is 12.4 Å². The minimum Gasteiger partial charge on any atom is -0.278 e. The van der Waals surface area contributed by atoms with Gasteiger partial charge in [-0.3, -0.25) is 5.10 Å². The Kier molecular flexibility index (Phi) is 2.88. The third-order valence-corrected chi connectivity index (χ3v) is 1.59. The molecule has 0 unspecified atom stereocenters. The second-order valence-corrected chi connectivity index (χ2v) is 2.34. The lowest BCUT2D eigenvalue weighted by Crippen LogP contribution is -1.75. The molecular weight excluding hydrogens is 172 g/mol. The summed E-state index contributed by atoms with van der Waals surface area (Å²) in [5, 5.41) is 6.78. The molecule has 3 heteroatoms. The summed E-state index contributed by atoms with van der Waals surface area (Å²) in [6.45, 7) is 0. The second-order valence-electron chi connectivity index (χ2n) is 2.34. The summed E-state index contributed by atoms with van der Waals surface area (Å²) < 4.78 is 0. The Bertz CT molecular complexity index is 316. The number of benzene rings is 1. The van der Waals surface area contributed by atoms with Crippen LogP contribution >= 0.6 is 12.4 Å². The number of halogens is 1. The molecule has 1 N–H and O–H groups in total. The molecule has 2 rings (SSSR count). The molecule has 0 fully saturated rings. The van der Waals surface area contributed by atoms with Crippen molar-refractivity contribution in [2.75, 3.05) is 0 Å². The highest BCUT2D eigenvalue weighted by Crippen LogP contribution is 2.13. The molecule has 0 radical (unpaired) electrons. The van der Waals surface area contributed by atoms with E-state index in [-0.39, 0.29) is 12.4 Å². The minimum absolute atomic E-state index is 0. The zero-order valence-corrected chi connectivity index (χ0v) is 7.21. The molecule has 0 bridgehead atoms. The van der Waals surface area contributed by atoms with E-state index in [1.807, 2.05) is 36.4 Å². The van der Waals surface area contributed by atoms with E-state index in [0.717, 1.165) is 5.69 Å². The van der Waals surface area contributed by atoms with Gasteiger partial charge in [0.25, 0.3) is 0 Å². The molecule has 2 aromatic rings. The van der Waals surface area contributed by atoms with Gasteiger partial charge >= 0.3 is 0 Å². The number of rotatable bonds is 1. The van der Waals surface area contributed by atoms with Crippen LogP contribution in [0.25, 0.3) is 11.3 Å². The van der Waals surface area contributed by atoms with Gasteiger partial charge in [-0.05, 0) is 11.6 Å². The largest absolute Gasteiger partial charge is 0.278 e. The zero-order chi connectivity index (χ0) is 7.52. The number of H-pyrrole nitrogens is 1. The summed E-state index contributed by atoms with van der Waals surface area (Å²) in [7, 11) is 0. The van der Waals surface area contributed by atoms with Crippen molar-refractivity contribution in [3.63, 3.8) is 0 Å². The maximum Gasteiger partial charge on any atom is 0.0650 e. The van der Waals surface area contributed by atoms with Gasteiger partial charge in [0, 0.05) is 6.20 Å². The molecule has 1 heterocycles. The SMILES string of the molecule is Cl.c1ccc(-c2ccn[nH]2)cc1. The number of hydrogen-bond donors (Lipinski definition) is 1. The maximum absolute atomic E-state index is 3.87. The van der Waals surface area contributed by atoms with Crippen LogP contribution in [0.1, 0.15) is 0 Å². The van der Waals surface area contributed by atoms with Crippen LogP contribution in [0.15, 0.2) is 42.6 Å². The molecule has 0 aliphatic rings. The van der Waals surface area contributed by atoms with Crippen LogP contribution < -0.4 is 0 Å². The van der Waals surface area contributed by atoms with E-state index in [1.54, 1.807) is 6.20 Å². The molecular formula is C9H9ClN2. The van der Waals surface area contributed by atoms with Gasteiger partial charge in [-0.25, -0.2) is 0 Å². The first-order valence-corrected chi connectivity index (χ1v) is 3.51. The molecule has 62 valence electrons. The van der Waals surface area contributed by atoms with Crippen LogP contribution in [0.2, 0.25) is 0 Å². The highest BCUT2D eigenvalue weighted by atomic mass is 35.5. The predicted octanol–water partition coefficient (Wildman–Crippen LogP) is 2.50. The number of aromatic amines is 1. The van der Waals surface area contributed by atoms with Crippen molar-refractivity contribution in [1.82, 2.24) is 10.2 Å². The van der Waals surface area contributed by atoms with Gasteiger partial charge in [0.2, 0.25) is 0 Å². The van der Waals surface area contributed by atoms with Crippen molar-refractivity contribution in [2.24, 2.45) is 0 Å². The Labute approximate surface area is 77.0 Å². The molecule has 0 aliphatic heterocycles. The standard InChI is InChI=1S/C9H8N2.ClH/c1-2-4-8(5-3-1)9-6-7-10-11-9;/h1-7H,(H,10,11);1H. The first-order valence-electron chi connectivity index (χ1n) is 3.51. The van der Waals surface area contributed by atoms with Crippen LogP contribution in [0.4, 0.5) is 0 Å². The van der Waals surface area contributed by atoms with Gasteiger partial charge in [0.15, 0.2) is 0 Å². The van der Waals surface area contributed by atoms with E-state index in [0.29, 0.717) is 0 Å². The van der Waals surface area contributed by atoms with Gasteiger partial charge < -0.3 is 0 Å². The Balaban J connectivity index is 0.000000720. The van der Waals surface area contributed by atoms with Crippen molar-refractivity contribution < 1.29 is 0 Å². The van der Waals surface area contributed by atoms with Crippen LogP contribution in [0.3, 0.4) is 0 Å². The monoisotopic (exact) mass is 180 g/mol. The summed E-state index contributed by atoms with van der Waals surface area (Å²) in [4.78, 5) is 0. The summed E-state index contributed by atoms with van der Waals surface area (Å²) in [6.07, 6.45) is 1.75. The number of nitrogens with zero attached hydrogens (tertiary/aromatic N) is 1. The summed E-state index contributed by atoms with van der Waals surface area (Å²) >= 11 is 0. The third kappa shape index (κ3) is 1.66. The van der Waals surface area contributed by atoms with Gasteiger partial charge in [-0.1, -0.05) is 30.3 Å². The third-order valence-electron chi connectivity index (χ3n) is 1.59. The van der Waals surface area contributed by atoms with Crippen molar-refractivity contribution >= 4 is 12.4 Å². The lowest BCUT2D eigenvalue weighted by molar-refractivity contribution is 1.10. The van der Waals surface area contributed by atoms with Crippen LogP contribution in [-0.2, 0) is 0 Å². The van der Waals surface area contributed by atoms with Crippen molar-refractivity contribution in [3.05, 3.63) is 42.6 Å². The summed E-state index contributed by atoms with van der Waals surface area (Å²) in [5.41, 5.74) is 2.23. The summed E-state index contributed by atoms with van der Waals surface area (Å²) in [5.74, 6) is 0. The fraction of sp³-hybridized carbons (Fsp3) is 0. The molecule has 0 saturated heterocycles. The number of aromatic nitrogens is 2. The van der Waals surface area contributed by atoms with E-state index >= 15 is 0 Å². The molecule has 0 atom stereocenters. The number of hydrogen-bond acceptors (Lipinski definition) is 1. The first-order chi connectivity index (χ1) is 5.47. The number of nitrogens with one attached hydrogen (secondary N) is 1. The van der Waals surface area contributed by atoms with Crippen molar-refractivity contribution in [1.29, 1.82) is 0 Å². The van der Waals surface area contributed by atoms with E-state index < -0.39 is 0 Å². The lowest BCUT2D eigenvalue weighted by Gasteiger charge is -1.93. The Morgan fingerprint density at radius 3 is 2.33 bits per heavy atom. The van der Waals surface area contributed by atoms with E-state index in [1.165, 1.54) is 5.56 Å². The average Bonchev–Trinajstić information content (AvgIpc) is 2.58. The molecule has 12 heavy (non-hydrogen) atoms. The van der Waals surface area contributed by atoms with Gasteiger partial charge in [0.05, 0.1) is 5.69 Å². The molecule has 1 aromatic carbocycles. The van der Waals surface area contributed by atoms with Crippen LogP contribution in [0, 0.1) is 0 Å². The molecule has 0 spiro atoms. The lowest BCUT2D eigenvalue weighted by atomic mass is 10.2. The Morgan fingerprint density at radius 2 is 1.75 bits per heavy atom. The van der Waals surface area contributed by atoms with E-state index in [2.05, 4.69) is 10.2 Å². The van der Waals surface area contributed by atoms with Crippen molar-refractivity contribution in [3.8, 4) is 11.3 Å². The molecule has 1 aromatic heterocycles. The average molecular weight is 181 g/mol. The van der Waals surface area contributed by atoms with E-state index in [9.17, 15) is 0 Å². The van der Waals surface area contributed by atoms with Crippen LogP contribution in [0.5, 0.6) is 0 Å². The second kappa shape index (κ2) is 3.93. The minimum atomic E-state index is 0. The normalized spacial score (nSPS) is 9.00. The molecule has 0 amide bonds. The molecule has 0 aliphatic carbocycles. The Morgan fingerprint density at radius 1 is 1.00 bits per heavy atom. The topological polar surface area (TPSA) is 28.7 Å². The summed E-state index contributed by atoms with van der Waals surface area (Å²) in [6, 6.07) is 12.1. The van der Waals surface area contributed by atoms with Crippen molar-refractivity contribution in [2.45, 2.75) is 0 Å². The first kappa shape index (κ1) is 8.81. The van der Waals surface area contributed by atoms with E-state index in [4.69, 9.17) is 0 Å². The smallest absolute Gasteiger partial charge is 0.0650 e. The molecule has 0 saturated carbocycles. The fourth-order valence-electron chi connectivity index (χ4n) is 1.03. The zero-order valence-electron chi connectivity index (χ0n) is 6.40. The van der Waals surface area contributed by atoms with Gasteiger partial charge in [-0.2, -0.15) is 5.10 Å². The predicted molar refractivity (Wildman–Crippen MR) is 51.3 cm³/mol. The fourth-order valence-corrected chi connectivity index (χ4v) is 1.03. The quantitative estimate of drug-likeness (QED) is 0.718. The highest BCUT2D eigenvalue weighted by molar-refractivity contribution is 5.85. The van der Waals surface area contributed by atoms with Gasteiger partial charge in [0.1, 0.15) is 0 Å². The maximum atomic E-state index is 3.87. The highest BCUT2D eigenvalue weighted by Gasteiger charge is 1.94. The molecule has 2 nitrogen and oxygen atoms in total.